The Morgan fingerprint density at radius 2 is 1.71 bits per heavy atom. The maximum atomic E-state index is 13.2. The number of aromatic nitrogens is 2. The van der Waals surface area contributed by atoms with Gasteiger partial charge in [-0.15, -0.1) is 0 Å². The number of hydrogen-bond acceptors (Lipinski definition) is 3. The second-order valence-electron chi connectivity index (χ2n) is 6.82. The SMILES string of the molecule is O=C(c1ccccc1C(F)(F)F)N1CCN(Cc2cc3ccccn3n2)CC1. The minimum Gasteiger partial charge on any atom is -0.336 e. The third-order valence-electron chi connectivity index (χ3n) is 4.93. The van der Waals surface area contributed by atoms with Crippen molar-refractivity contribution < 1.29 is 18.0 Å². The van der Waals surface area contributed by atoms with E-state index in [1.807, 2.05) is 35.0 Å². The summed E-state index contributed by atoms with van der Waals surface area (Å²) in [5.41, 5.74) is 0.763. The first kappa shape index (κ1) is 18.5. The van der Waals surface area contributed by atoms with E-state index in [0.29, 0.717) is 32.7 Å². The number of carbonyl (C=O) groups is 1. The van der Waals surface area contributed by atoms with Crippen LogP contribution in [0.3, 0.4) is 0 Å². The Balaban J connectivity index is 1.41. The van der Waals surface area contributed by atoms with E-state index in [2.05, 4.69) is 10.00 Å². The summed E-state index contributed by atoms with van der Waals surface area (Å²) in [6.45, 7) is 2.60. The van der Waals surface area contributed by atoms with Gasteiger partial charge in [0.25, 0.3) is 5.91 Å². The zero-order valence-electron chi connectivity index (χ0n) is 15.1. The second-order valence-corrected chi connectivity index (χ2v) is 6.82. The van der Waals surface area contributed by atoms with Crippen molar-refractivity contribution in [1.29, 1.82) is 0 Å². The highest BCUT2D eigenvalue weighted by Gasteiger charge is 2.36. The fourth-order valence-corrected chi connectivity index (χ4v) is 3.49. The van der Waals surface area contributed by atoms with Crippen molar-refractivity contribution in [2.75, 3.05) is 26.2 Å². The molecule has 1 saturated heterocycles. The van der Waals surface area contributed by atoms with E-state index >= 15 is 0 Å². The average molecular weight is 388 g/mol. The third kappa shape index (κ3) is 3.73. The lowest BCUT2D eigenvalue weighted by Crippen LogP contribution is -2.48. The monoisotopic (exact) mass is 388 g/mol. The lowest BCUT2D eigenvalue weighted by atomic mass is 10.1. The van der Waals surface area contributed by atoms with E-state index in [0.717, 1.165) is 17.3 Å². The van der Waals surface area contributed by atoms with Crippen LogP contribution in [0.15, 0.2) is 54.7 Å². The minimum absolute atomic E-state index is 0.288. The Morgan fingerprint density at radius 3 is 2.43 bits per heavy atom. The van der Waals surface area contributed by atoms with Gasteiger partial charge in [0.15, 0.2) is 0 Å². The molecule has 0 saturated carbocycles. The summed E-state index contributed by atoms with van der Waals surface area (Å²) >= 11 is 0. The van der Waals surface area contributed by atoms with Gasteiger partial charge in [0, 0.05) is 38.9 Å². The quantitative estimate of drug-likeness (QED) is 0.691. The topological polar surface area (TPSA) is 40.9 Å². The molecule has 0 unspecified atom stereocenters. The molecular formula is C20H19F3N4O. The molecule has 1 fully saturated rings. The molecule has 1 aliphatic rings. The number of carbonyl (C=O) groups excluding carboxylic acids is 1. The van der Waals surface area contributed by atoms with E-state index in [9.17, 15) is 18.0 Å². The van der Waals surface area contributed by atoms with Crippen LogP contribution in [0, 0.1) is 0 Å². The number of halogens is 3. The normalized spacial score (nSPS) is 15.9. The molecule has 1 aliphatic heterocycles. The van der Waals surface area contributed by atoms with Crippen LogP contribution in [0.4, 0.5) is 13.2 Å². The van der Waals surface area contributed by atoms with Gasteiger partial charge < -0.3 is 4.90 Å². The summed E-state index contributed by atoms with van der Waals surface area (Å²) in [5, 5.41) is 4.52. The van der Waals surface area contributed by atoms with E-state index in [4.69, 9.17) is 0 Å². The molecule has 3 heterocycles. The first-order chi connectivity index (χ1) is 13.4. The molecule has 0 radical (unpaired) electrons. The van der Waals surface area contributed by atoms with Crippen molar-refractivity contribution in [2.45, 2.75) is 12.7 Å². The van der Waals surface area contributed by atoms with E-state index in [1.165, 1.54) is 23.1 Å². The zero-order valence-corrected chi connectivity index (χ0v) is 15.1. The largest absolute Gasteiger partial charge is 0.417 e. The molecule has 0 aliphatic carbocycles. The number of piperazine rings is 1. The highest BCUT2D eigenvalue weighted by molar-refractivity contribution is 5.96. The fraction of sp³-hybridized carbons (Fsp3) is 0.300. The molecule has 0 atom stereocenters. The standard InChI is InChI=1S/C20H19F3N4O/c21-20(22,23)18-7-2-1-6-17(18)19(28)26-11-9-25(10-12-26)14-15-13-16-5-3-4-8-27(16)24-15/h1-8,13H,9-12,14H2. The molecule has 4 rings (SSSR count). The first-order valence-electron chi connectivity index (χ1n) is 9.03. The Labute approximate surface area is 160 Å². The van der Waals surface area contributed by atoms with Crippen molar-refractivity contribution in [1.82, 2.24) is 19.4 Å². The van der Waals surface area contributed by atoms with Gasteiger partial charge in [-0.2, -0.15) is 18.3 Å². The van der Waals surface area contributed by atoms with Crippen molar-refractivity contribution in [3.63, 3.8) is 0 Å². The minimum atomic E-state index is -4.54. The molecule has 3 aromatic rings. The lowest BCUT2D eigenvalue weighted by molar-refractivity contribution is -0.138. The highest BCUT2D eigenvalue weighted by Crippen LogP contribution is 2.32. The van der Waals surface area contributed by atoms with Crippen LogP contribution in [0.25, 0.3) is 5.52 Å². The van der Waals surface area contributed by atoms with Crippen LogP contribution in [0.1, 0.15) is 21.6 Å². The lowest BCUT2D eigenvalue weighted by Gasteiger charge is -2.34. The molecule has 5 nitrogen and oxygen atoms in total. The smallest absolute Gasteiger partial charge is 0.336 e. The van der Waals surface area contributed by atoms with Crippen LogP contribution in [-0.2, 0) is 12.7 Å². The maximum Gasteiger partial charge on any atom is 0.417 e. The van der Waals surface area contributed by atoms with E-state index in [-0.39, 0.29) is 5.56 Å². The number of pyridine rings is 1. The van der Waals surface area contributed by atoms with Crippen LogP contribution in [0.5, 0.6) is 0 Å². The molecule has 146 valence electrons. The number of rotatable bonds is 3. The number of fused-ring (bicyclic) bond motifs is 1. The summed E-state index contributed by atoms with van der Waals surface area (Å²) in [6.07, 6.45) is -2.66. The number of alkyl halides is 3. The second kappa shape index (κ2) is 7.27. The molecule has 0 spiro atoms. The van der Waals surface area contributed by atoms with E-state index in [1.54, 1.807) is 0 Å². The van der Waals surface area contributed by atoms with Crippen molar-refractivity contribution in [2.24, 2.45) is 0 Å². The molecule has 8 heteroatoms. The van der Waals surface area contributed by atoms with Gasteiger partial charge in [0.1, 0.15) is 0 Å². The van der Waals surface area contributed by atoms with Crippen molar-refractivity contribution >= 4 is 11.4 Å². The first-order valence-corrected chi connectivity index (χ1v) is 9.03. The van der Waals surface area contributed by atoms with Crippen LogP contribution in [0.2, 0.25) is 0 Å². The Morgan fingerprint density at radius 1 is 1.00 bits per heavy atom. The average Bonchev–Trinajstić information content (AvgIpc) is 3.09. The van der Waals surface area contributed by atoms with Crippen LogP contribution < -0.4 is 0 Å². The van der Waals surface area contributed by atoms with Gasteiger partial charge in [-0.1, -0.05) is 18.2 Å². The fourth-order valence-electron chi connectivity index (χ4n) is 3.49. The molecule has 0 bridgehead atoms. The number of hydrogen-bond donors (Lipinski definition) is 0. The van der Waals surface area contributed by atoms with Gasteiger partial charge in [0.05, 0.1) is 22.3 Å². The summed E-state index contributed by atoms with van der Waals surface area (Å²) in [6, 6.07) is 12.8. The number of nitrogens with zero attached hydrogens (tertiary/aromatic N) is 4. The summed E-state index contributed by atoms with van der Waals surface area (Å²) in [5.74, 6) is -0.569. The van der Waals surface area contributed by atoms with Gasteiger partial charge in [-0.3, -0.25) is 9.69 Å². The van der Waals surface area contributed by atoms with Gasteiger partial charge in [0.2, 0.25) is 0 Å². The predicted octanol–water partition coefficient (Wildman–Crippen LogP) is 3.31. The van der Waals surface area contributed by atoms with Crippen molar-refractivity contribution in [3.05, 3.63) is 71.5 Å². The molecule has 28 heavy (non-hydrogen) atoms. The summed E-state index contributed by atoms with van der Waals surface area (Å²) in [4.78, 5) is 16.3. The molecule has 1 amide bonds. The van der Waals surface area contributed by atoms with Crippen LogP contribution in [-0.4, -0.2) is 51.5 Å². The van der Waals surface area contributed by atoms with Gasteiger partial charge in [-0.25, -0.2) is 4.52 Å². The summed E-state index contributed by atoms with van der Waals surface area (Å²) in [7, 11) is 0. The Bertz CT molecular complexity index is 957. The highest BCUT2D eigenvalue weighted by atomic mass is 19.4. The van der Waals surface area contributed by atoms with E-state index < -0.39 is 17.6 Å². The van der Waals surface area contributed by atoms with Gasteiger partial charge >= 0.3 is 6.18 Å². The van der Waals surface area contributed by atoms with Gasteiger partial charge in [-0.05, 0) is 30.3 Å². The molecule has 0 N–H and O–H groups in total. The molecule has 1 aromatic carbocycles. The zero-order chi connectivity index (χ0) is 19.7. The molecular weight excluding hydrogens is 369 g/mol. The predicted molar refractivity (Wildman–Crippen MR) is 97.8 cm³/mol. The Hall–Kier alpha value is -2.87. The van der Waals surface area contributed by atoms with Crippen molar-refractivity contribution in [3.8, 4) is 0 Å². The summed E-state index contributed by atoms with van der Waals surface area (Å²) < 4.78 is 41.3. The maximum absolute atomic E-state index is 13.2. The number of benzene rings is 1. The Kier molecular flexibility index (Phi) is 4.80. The van der Waals surface area contributed by atoms with Crippen LogP contribution >= 0.6 is 0 Å². The third-order valence-corrected chi connectivity index (χ3v) is 4.93. The molecule has 2 aromatic heterocycles. The number of amides is 1.